The Morgan fingerprint density at radius 1 is 1.09 bits per heavy atom. The maximum Gasteiger partial charge on any atom is 0.387 e. The molecule has 0 atom stereocenters. The summed E-state index contributed by atoms with van der Waals surface area (Å²) in [4.78, 5) is 11.9. The summed E-state index contributed by atoms with van der Waals surface area (Å²) in [5.74, 6) is 1.60. The molecule has 1 aliphatic carbocycles. The Morgan fingerprint density at radius 3 is 2.22 bits per heavy atom. The van der Waals surface area contributed by atoms with Crippen molar-refractivity contribution in [2.24, 2.45) is 11.8 Å². The molecule has 0 aliphatic heterocycles. The van der Waals surface area contributed by atoms with Crippen LogP contribution in [0.25, 0.3) is 0 Å². The Bertz CT molecular complexity index is 480. The van der Waals surface area contributed by atoms with Crippen molar-refractivity contribution in [3.8, 4) is 11.5 Å². The van der Waals surface area contributed by atoms with Crippen LogP contribution in [0.2, 0.25) is 0 Å². The van der Waals surface area contributed by atoms with Gasteiger partial charge in [-0.15, -0.1) is 0 Å². The third kappa shape index (κ3) is 6.16. The molecule has 1 fully saturated rings. The first-order valence-corrected chi connectivity index (χ1v) is 8.32. The second-order valence-electron chi connectivity index (χ2n) is 6.16. The summed E-state index contributed by atoms with van der Waals surface area (Å²) in [6, 6.07) is 5.64. The molecule has 0 heterocycles. The van der Waals surface area contributed by atoms with Gasteiger partial charge in [0.15, 0.2) is 0 Å². The molecule has 1 aliphatic rings. The van der Waals surface area contributed by atoms with Crippen LogP contribution >= 0.6 is 0 Å². The van der Waals surface area contributed by atoms with Gasteiger partial charge >= 0.3 is 12.6 Å². The molecule has 0 saturated heterocycles. The van der Waals surface area contributed by atoms with E-state index < -0.39 is 6.61 Å². The summed E-state index contributed by atoms with van der Waals surface area (Å²) in [6.45, 7) is -0.619. The molecular weight excluding hydrogens is 302 g/mol. The van der Waals surface area contributed by atoms with Crippen LogP contribution in [-0.2, 0) is 4.79 Å². The molecule has 0 spiro atoms. The van der Waals surface area contributed by atoms with Crippen molar-refractivity contribution in [2.75, 3.05) is 0 Å². The van der Waals surface area contributed by atoms with Crippen LogP contribution < -0.4 is 9.47 Å². The van der Waals surface area contributed by atoms with E-state index >= 15 is 0 Å². The van der Waals surface area contributed by atoms with Gasteiger partial charge in [-0.2, -0.15) is 8.78 Å². The van der Waals surface area contributed by atoms with E-state index in [1.54, 1.807) is 0 Å². The van der Waals surface area contributed by atoms with Gasteiger partial charge in [0.2, 0.25) is 0 Å². The number of esters is 1. The highest BCUT2D eigenvalue weighted by atomic mass is 19.3. The lowest BCUT2D eigenvalue weighted by Gasteiger charge is -2.27. The summed E-state index contributed by atoms with van der Waals surface area (Å²) in [5.41, 5.74) is 0. The highest BCUT2D eigenvalue weighted by Gasteiger charge is 2.20. The molecule has 0 N–H and O–H groups in total. The third-order valence-electron chi connectivity index (χ3n) is 4.58. The number of carbonyl (C=O) groups excluding carboxylic acids is 1. The van der Waals surface area contributed by atoms with Gasteiger partial charge in [0.25, 0.3) is 0 Å². The Morgan fingerprint density at radius 2 is 1.65 bits per heavy atom. The van der Waals surface area contributed by atoms with Crippen molar-refractivity contribution in [3.05, 3.63) is 24.3 Å². The summed E-state index contributed by atoms with van der Waals surface area (Å²) < 4.78 is 33.6. The number of carbonyl (C=O) groups is 1. The minimum absolute atomic E-state index is 0.0486. The molecular formula is C18H24F2O3. The highest BCUT2D eigenvalue weighted by Crippen LogP contribution is 2.33. The van der Waals surface area contributed by atoms with Crippen molar-refractivity contribution in [1.29, 1.82) is 0 Å². The zero-order valence-electron chi connectivity index (χ0n) is 13.5. The molecule has 1 saturated carbocycles. The van der Waals surface area contributed by atoms with Gasteiger partial charge in [-0.1, -0.05) is 39.0 Å². The topological polar surface area (TPSA) is 35.5 Å². The van der Waals surface area contributed by atoms with Gasteiger partial charge in [-0.3, -0.25) is 4.79 Å². The zero-order valence-corrected chi connectivity index (χ0v) is 13.5. The van der Waals surface area contributed by atoms with Crippen molar-refractivity contribution >= 4 is 5.97 Å². The first-order valence-electron chi connectivity index (χ1n) is 8.32. The molecule has 0 amide bonds. The molecule has 5 heteroatoms. The molecule has 23 heavy (non-hydrogen) atoms. The van der Waals surface area contributed by atoms with Crippen molar-refractivity contribution in [1.82, 2.24) is 0 Å². The zero-order chi connectivity index (χ0) is 16.7. The average Bonchev–Trinajstić information content (AvgIpc) is 2.55. The van der Waals surface area contributed by atoms with Crippen molar-refractivity contribution < 1.29 is 23.0 Å². The van der Waals surface area contributed by atoms with E-state index in [-0.39, 0.29) is 11.7 Å². The first kappa shape index (κ1) is 17.7. The van der Waals surface area contributed by atoms with Crippen LogP contribution in [-0.4, -0.2) is 12.6 Å². The van der Waals surface area contributed by atoms with Gasteiger partial charge in [0.05, 0.1) is 0 Å². The third-order valence-corrected chi connectivity index (χ3v) is 4.58. The predicted molar refractivity (Wildman–Crippen MR) is 83.7 cm³/mol. The SMILES string of the molecule is CCC1CCC(CCC(=O)Oc2ccc(OC(F)F)cc2)CC1. The minimum Gasteiger partial charge on any atom is -0.435 e. The lowest BCUT2D eigenvalue weighted by Crippen LogP contribution is -2.16. The second-order valence-corrected chi connectivity index (χ2v) is 6.16. The quantitative estimate of drug-likeness (QED) is 0.511. The number of hydrogen-bond acceptors (Lipinski definition) is 3. The van der Waals surface area contributed by atoms with Crippen LogP contribution in [0.3, 0.4) is 0 Å². The van der Waals surface area contributed by atoms with Gasteiger partial charge in [0.1, 0.15) is 11.5 Å². The summed E-state index contributed by atoms with van der Waals surface area (Å²) >= 11 is 0. The fourth-order valence-electron chi connectivity index (χ4n) is 3.12. The lowest BCUT2D eigenvalue weighted by molar-refractivity contribution is -0.134. The predicted octanol–water partition coefficient (Wildman–Crippen LogP) is 5.19. The molecule has 2 rings (SSSR count). The highest BCUT2D eigenvalue weighted by molar-refractivity contribution is 5.72. The fourth-order valence-corrected chi connectivity index (χ4v) is 3.12. The van der Waals surface area contributed by atoms with Crippen LogP contribution in [0.15, 0.2) is 24.3 Å². The first-order chi connectivity index (χ1) is 11.1. The normalized spacial score (nSPS) is 21.2. The number of rotatable bonds is 7. The van der Waals surface area contributed by atoms with E-state index in [4.69, 9.17) is 4.74 Å². The molecule has 0 radical (unpaired) electrons. The summed E-state index contributed by atoms with van der Waals surface area (Å²) in [7, 11) is 0. The number of benzene rings is 1. The average molecular weight is 326 g/mol. The van der Waals surface area contributed by atoms with E-state index in [0.29, 0.717) is 18.1 Å². The van der Waals surface area contributed by atoms with E-state index in [0.717, 1.165) is 12.3 Å². The van der Waals surface area contributed by atoms with E-state index in [2.05, 4.69) is 11.7 Å². The van der Waals surface area contributed by atoms with Gasteiger partial charge in [0, 0.05) is 6.42 Å². The summed E-state index contributed by atoms with van der Waals surface area (Å²) in [5, 5.41) is 0. The smallest absolute Gasteiger partial charge is 0.387 e. The van der Waals surface area contributed by atoms with Gasteiger partial charge in [-0.25, -0.2) is 0 Å². The van der Waals surface area contributed by atoms with Crippen molar-refractivity contribution in [2.45, 2.75) is 58.5 Å². The maximum absolute atomic E-state index is 12.0. The Hall–Kier alpha value is -1.65. The molecule has 0 aromatic heterocycles. The fraction of sp³-hybridized carbons (Fsp3) is 0.611. The van der Waals surface area contributed by atoms with Crippen LogP contribution in [0.5, 0.6) is 11.5 Å². The molecule has 1 aromatic rings. The molecule has 0 unspecified atom stereocenters. The Balaban J connectivity index is 1.70. The number of alkyl halides is 2. The molecule has 1 aromatic carbocycles. The number of hydrogen-bond donors (Lipinski definition) is 0. The minimum atomic E-state index is -2.86. The molecule has 128 valence electrons. The maximum atomic E-state index is 12.0. The van der Waals surface area contributed by atoms with Gasteiger partial charge in [-0.05, 0) is 42.5 Å². The largest absolute Gasteiger partial charge is 0.435 e. The van der Waals surface area contributed by atoms with Crippen LogP contribution in [0.4, 0.5) is 8.78 Å². The van der Waals surface area contributed by atoms with Gasteiger partial charge < -0.3 is 9.47 Å². The molecule has 0 bridgehead atoms. The van der Waals surface area contributed by atoms with E-state index in [9.17, 15) is 13.6 Å². The Kier molecular flexibility index (Phi) is 6.81. The monoisotopic (exact) mass is 326 g/mol. The van der Waals surface area contributed by atoms with E-state index in [1.165, 1.54) is 56.4 Å². The lowest BCUT2D eigenvalue weighted by atomic mass is 9.79. The standard InChI is InChI=1S/C18H24F2O3/c1-2-13-3-5-14(6-4-13)7-12-17(21)22-15-8-10-16(11-9-15)23-18(19)20/h8-11,13-14,18H,2-7,12H2,1H3. The van der Waals surface area contributed by atoms with Crippen LogP contribution in [0, 0.1) is 11.8 Å². The summed E-state index contributed by atoms with van der Waals surface area (Å²) in [6.07, 6.45) is 7.44. The van der Waals surface area contributed by atoms with Crippen LogP contribution in [0.1, 0.15) is 51.9 Å². The number of ether oxygens (including phenoxy) is 2. The van der Waals surface area contributed by atoms with E-state index in [1.807, 2.05) is 0 Å². The number of halogens is 2. The Labute approximate surface area is 136 Å². The second kappa shape index (κ2) is 8.85. The van der Waals surface area contributed by atoms with Crippen molar-refractivity contribution in [3.63, 3.8) is 0 Å². The molecule has 3 nitrogen and oxygen atoms in total.